The first-order chi connectivity index (χ1) is 10.3. The van der Waals surface area contributed by atoms with Gasteiger partial charge in [-0.3, -0.25) is 0 Å². The van der Waals surface area contributed by atoms with Crippen molar-refractivity contribution in [1.82, 2.24) is 14.8 Å². The van der Waals surface area contributed by atoms with E-state index in [1.54, 1.807) is 10.9 Å². The number of nitrogens with zero attached hydrogens (tertiary/aromatic N) is 3. The molecule has 2 aromatic heterocycles. The van der Waals surface area contributed by atoms with Gasteiger partial charge in [0.2, 0.25) is 0 Å². The van der Waals surface area contributed by atoms with Gasteiger partial charge in [-0.25, -0.2) is 14.5 Å². The number of rotatable bonds is 2. The average Bonchev–Trinajstić information content (AvgIpc) is 2.77. The first-order valence-corrected chi connectivity index (χ1v) is 8.33. The molecule has 0 saturated heterocycles. The van der Waals surface area contributed by atoms with Crippen LogP contribution in [0.25, 0.3) is 5.82 Å². The maximum atomic E-state index is 11.6. The van der Waals surface area contributed by atoms with Crippen molar-refractivity contribution >= 4 is 28.6 Å². The number of hydrogen-bond acceptors (Lipinski definition) is 3. The summed E-state index contributed by atoms with van der Waals surface area (Å²) in [5, 5.41) is 13.8. The Morgan fingerprint density at radius 2 is 2.23 bits per heavy atom. The molecule has 116 valence electrons. The van der Waals surface area contributed by atoms with Gasteiger partial charge in [0.1, 0.15) is 0 Å². The molecule has 0 bridgehead atoms. The van der Waals surface area contributed by atoms with E-state index < -0.39 is 5.97 Å². The van der Waals surface area contributed by atoms with Crippen LogP contribution in [-0.2, 0) is 12.8 Å². The van der Waals surface area contributed by atoms with E-state index in [0.717, 1.165) is 27.7 Å². The normalized spacial score (nSPS) is 19.7. The van der Waals surface area contributed by atoms with Crippen molar-refractivity contribution < 1.29 is 9.90 Å². The number of aromatic nitrogens is 3. The van der Waals surface area contributed by atoms with Gasteiger partial charge >= 0.3 is 5.97 Å². The van der Waals surface area contributed by atoms with E-state index in [2.05, 4.69) is 53.4 Å². The van der Waals surface area contributed by atoms with E-state index in [4.69, 9.17) is 0 Å². The smallest absolute Gasteiger partial charge is 0.356 e. The van der Waals surface area contributed by atoms with Crippen LogP contribution in [0.15, 0.2) is 18.3 Å². The van der Waals surface area contributed by atoms with Crippen LogP contribution in [0.3, 0.4) is 0 Å². The van der Waals surface area contributed by atoms with Crippen molar-refractivity contribution in [2.75, 3.05) is 0 Å². The summed E-state index contributed by atoms with van der Waals surface area (Å²) in [5.41, 5.74) is 2.12. The van der Waals surface area contributed by atoms with Gasteiger partial charge in [-0.2, -0.15) is 5.10 Å². The number of carboxylic acid groups (broad SMARTS) is 1. The fourth-order valence-electron chi connectivity index (χ4n) is 2.94. The highest BCUT2D eigenvalue weighted by atomic mass is 127. The third-order valence-corrected chi connectivity index (χ3v) is 5.36. The Kier molecular flexibility index (Phi) is 3.74. The molecular weight excluding hydrogens is 393 g/mol. The number of fused-ring (bicyclic) bond motifs is 1. The van der Waals surface area contributed by atoms with E-state index >= 15 is 0 Å². The lowest BCUT2D eigenvalue weighted by molar-refractivity contribution is 0.0687. The van der Waals surface area contributed by atoms with Crippen molar-refractivity contribution in [3.63, 3.8) is 0 Å². The summed E-state index contributed by atoms with van der Waals surface area (Å²) < 4.78 is 2.77. The number of pyridine rings is 1. The number of hydrogen-bond donors (Lipinski definition) is 1. The van der Waals surface area contributed by atoms with E-state index in [-0.39, 0.29) is 11.1 Å². The standard InChI is InChI=1S/C16H18IN3O2/c1-9-6-11-12(8-16(9,2)3)20(19-14(11)15(21)22)13-7-10(17)4-5-18-13/h4-5,7,9H,6,8H2,1-3H3,(H,21,22). The highest BCUT2D eigenvalue weighted by Gasteiger charge is 2.38. The largest absolute Gasteiger partial charge is 0.476 e. The Balaban J connectivity index is 2.21. The maximum absolute atomic E-state index is 11.6. The van der Waals surface area contributed by atoms with Crippen LogP contribution in [-0.4, -0.2) is 25.8 Å². The third-order valence-electron chi connectivity index (χ3n) is 4.68. The molecule has 2 aromatic rings. The summed E-state index contributed by atoms with van der Waals surface area (Å²) in [7, 11) is 0. The minimum atomic E-state index is -0.965. The molecule has 0 aromatic carbocycles. The summed E-state index contributed by atoms with van der Waals surface area (Å²) in [6.45, 7) is 6.62. The summed E-state index contributed by atoms with van der Waals surface area (Å²) in [5.74, 6) is 0.133. The third kappa shape index (κ3) is 2.53. The molecule has 1 aliphatic carbocycles. The lowest BCUT2D eigenvalue weighted by atomic mass is 9.69. The van der Waals surface area contributed by atoms with Crippen molar-refractivity contribution in [3.05, 3.63) is 38.9 Å². The minimum Gasteiger partial charge on any atom is -0.476 e. The molecule has 1 unspecified atom stereocenters. The highest BCUT2D eigenvalue weighted by molar-refractivity contribution is 14.1. The number of aromatic carboxylic acids is 1. The highest BCUT2D eigenvalue weighted by Crippen LogP contribution is 2.41. The molecule has 0 radical (unpaired) electrons. The first kappa shape index (κ1) is 15.5. The Bertz CT molecular complexity index is 752. The quantitative estimate of drug-likeness (QED) is 0.770. The minimum absolute atomic E-state index is 0.114. The van der Waals surface area contributed by atoms with Gasteiger partial charge in [0.15, 0.2) is 11.5 Å². The van der Waals surface area contributed by atoms with Gasteiger partial charge in [-0.1, -0.05) is 20.8 Å². The molecule has 1 atom stereocenters. The Hall–Kier alpha value is -1.44. The van der Waals surface area contributed by atoms with Gasteiger partial charge < -0.3 is 5.11 Å². The summed E-state index contributed by atoms with van der Waals surface area (Å²) >= 11 is 2.22. The van der Waals surface area contributed by atoms with Crippen LogP contribution >= 0.6 is 22.6 Å². The molecule has 3 rings (SSSR count). The van der Waals surface area contributed by atoms with Gasteiger partial charge in [0.05, 0.1) is 5.69 Å². The van der Waals surface area contributed by atoms with Gasteiger partial charge in [0, 0.05) is 15.3 Å². The average molecular weight is 411 g/mol. The predicted molar refractivity (Wildman–Crippen MR) is 91.4 cm³/mol. The van der Waals surface area contributed by atoms with Gasteiger partial charge in [-0.15, -0.1) is 0 Å². The van der Waals surface area contributed by atoms with E-state index in [9.17, 15) is 9.90 Å². The molecule has 6 heteroatoms. The molecule has 0 spiro atoms. The van der Waals surface area contributed by atoms with Crippen LogP contribution in [0.1, 0.15) is 42.5 Å². The zero-order valence-corrected chi connectivity index (χ0v) is 15.0. The van der Waals surface area contributed by atoms with Crippen LogP contribution in [0, 0.1) is 14.9 Å². The zero-order valence-electron chi connectivity index (χ0n) is 12.8. The van der Waals surface area contributed by atoms with Crippen molar-refractivity contribution in [2.45, 2.75) is 33.6 Å². The van der Waals surface area contributed by atoms with Crippen LogP contribution < -0.4 is 0 Å². The fraction of sp³-hybridized carbons (Fsp3) is 0.438. The fourth-order valence-corrected chi connectivity index (χ4v) is 3.38. The molecule has 0 aliphatic heterocycles. The zero-order chi connectivity index (χ0) is 16.1. The Morgan fingerprint density at radius 3 is 2.86 bits per heavy atom. The second-order valence-corrected chi connectivity index (χ2v) is 7.84. The van der Waals surface area contributed by atoms with Crippen molar-refractivity contribution in [1.29, 1.82) is 0 Å². The van der Waals surface area contributed by atoms with E-state index in [1.165, 1.54) is 0 Å². The molecule has 5 nitrogen and oxygen atoms in total. The second kappa shape index (κ2) is 5.33. The van der Waals surface area contributed by atoms with E-state index in [0.29, 0.717) is 11.7 Å². The summed E-state index contributed by atoms with van der Waals surface area (Å²) in [6, 6.07) is 3.83. The lowest BCUT2D eigenvalue weighted by Gasteiger charge is -2.36. The topological polar surface area (TPSA) is 68.0 Å². The molecule has 22 heavy (non-hydrogen) atoms. The van der Waals surface area contributed by atoms with Crippen molar-refractivity contribution in [2.24, 2.45) is 11.3 Å². The molecule has 0 fully saturated rings. The van der Waals surface area contributed by atoms with Gasteiger partial charge in [0.25, 0.3) is 0 Å². The molecule has 1 N–H and O–H groups in total. The molecule has 1 aliphatic rings. The Morgan fingerprint density at radius 1 is 1.50 bits per heavy atom. The maximum Gasteiger partial charge on any atom is 0.356 e. The molecule has 2 heterocycles. The van der Waals surface area contributed by atoms with Crippen molar-refractivity contribution in [3.8, 4) is 5.82 Å². The van der Waals surface area contributed by atoms with Crippen LogP contribution in [0.5, 0.6) is 0 Å². The lowest BCUT2D eigenvalue weighted by Crippen LogP contribution is -2.32. The van der Waals surface area contributed by atoms with Gasteiger partial charge in [-0.05, 0) is 58.9 Å². The number of halogens is 1. The SMILES string of the molecule is CC1Cc2c(C(=O)O)nn(-c3cc(I)ccn3)c2CC1(C)C. The number of carbonyl (C=O) groups is 1. The molecule has 0 saturated carbocycles. The first-order valence-electron chi connectivity index (χ1n) is 7.25. The van der Waals surface area contributed by atoms with E-state index in [1.807, 2.05) is 12.1 Å². The molecular formula is C16H18IN3O2. The second-order valence-electron chi connectivity index (χ2n) is 6.59. The summed E-state index contributed by atoms with van der Waals surface area (Å²) in [4.78, 5) is 15.9. The molecule has 0 amide bonds. The van der Waals surface area contributed by atoms with Crippen LogP contribution in [0.2, 0.25) is 0 Å². The van der Waals surface area contributed by atoms with Crippen LogP contribution in [0.4, 0.5) is 0 Å². The Labute approximate surface area is 142 Å². The summed E-state index contributed by atoms with van der Waals surface area (Å²) in [6.07, 6.45) is 3.27. The number of carboxylic acids is 1. The monoisotopic (exact) mass is 411 g/mol. The predicted octanol–water partition coefficient (Wildman–Crippen LogP) is 3.33.